The summed E-state index contributed by atoms with van der Waals surface area (Å²) in [5, 5.41) is 14.2. The summed E-state index contributed by atoms with van der Waals surface area (Å²) in [4.78, 5) is 13.5. The van der Waals surface area contributed by atoms with E-state index in [0.29, 0.717) is 33.7 Å². The summed E-state index contributed by atoms with van der Waals surface area (Å²) in [5.74, 6) is -4.16. The van der Waals surface area contributed by atoms with Crippen LogP contribution in [0.3, 0.4) is 0 Å². The Hall–Kier alpha value is -2.51. The van der Waals surface area contributed by atoms with Gasteiger partial charge in [-0.1, -0.05) is 39.8 Å². The molecule has 202 valence electrons. The number of aliphatic hydroxyl groups is 1. The molecule has 1 atom stereocenters. The summed E-state index contributed by atoms with van der Waals surface area (Å²) in [6.45, 7) is 14.7. The highest BCUT2D eigenvalue weighted by Gasteiger charge is 2.49. The van der Waals surface area contributed by atoms with Gasteiger partial charge in [0.05, 0.1) is 22.7 Å². The Bertz CT molecular complexity index is 1360. The Kier molecular flexibility index (Phi) is 7.84. The number of fused-ring (bicyclic) bond motifs is 1. The van der Waals surface area contributed by atoms with Gasteiger partial charge < -0.3 is 15.0 Å². The fraction of sp³-hybridized carbons (Fsp3) is 0.519. The van der Waals surface area contributed by atoms with Crippen LogP contribution in [0.2, 0.25) is 0 Å². The van der Waals surface area contributed by atoms with Gasteiger partial charge in [0.15, 0.2) is 5.65 Å². The third kappa shape index (κ3) is 5.13. The molecule has 0 bridgehead atoms. The van der Waals surface area contributed by atoms with E-state index in [1.807, 2.05) is 34.6 Å². The Morgan fingerprint density at radius 1 is 1.00 bits per heavy atom. The molecule has 6 nitrogen and oxygen atoms in total. The van der Waals surface area contributed by atoms with E-state index in [9.17, 15) is 18.5 Å². The fourth-order valence-corrected chi connectivity index (χ4v) is 7.79. The normalized spacial score (nSPS) is 14.0. The van der Waals surface area contributed by atoms with Gasteiger partial charge in [0.2, 0.25) is 0 Å². The number of nitrogens with zero attached hydrogens (tertiary/aromatic N) is 3. The third-order valence-electron chi connectivity index (χ3n) is 6.83. The third-order valence-corrected chi connectivity index (χ3v) is 11.1. The number of hydrogen-bond acceptors (Lipinski definition) is 6. The number of aromatic nitrogens is 3. The first kappa shape index (κ1) is 29.1. The van der Waals surface area contributed by atoms with Crippen LogP contribution in [0, 0.1) is 19.7 Å². The molecule has 10 heteroatoms. The van der Waals surface area contributed by atoms with Crippen LogP contribution in [0.4, 0.5) is 19.0 Å². The van der Waals surface area contributed by atoms with Crippen LogP contribution < -0.4 is 10.6 Å². The molecule has 0 aliphatic carbocycles. The van der Waals surface area contributed by atoms with Crippen LogP contribution in [-0.4, -0.2) is 37.0 Å². The molecule has 3 rings (SSSR count). The lowest BCUT2D eigenvalue weighted by atomic mass is 9.91. The first-order valence-electron chi connectivity index (χ1n) is 12.3. The zero-order valence-corrected chi connectivity index (χ0v) is 23.7. The molecule has 0 fully saturated rings. The van der Waals surface area contributed by atoms with Crippen molar-refractivity contribution in [3.8, 4) is 0 Å². The first-order valence-corrected chi connectivity index (χ1v) is 14.2. The smallest absolute Gasteiger partial charge is 0.303 e. The van der Waals surface area contributed by atoms with Gasteiger partial charge in [0.1, 0.15) is 30.2 Å². The molecule has 0 saturated heterocycles. The topological polar surface area (TPSA) is 88.0 Å². The summed E-state index contributed by atoms with van der Waals surface area (Å²) < 4.78 is 59.1. The van der Waals surface area contributed by atoms with Gasteiger partial charge in [0.25, 0.3) is 0 Å². The number of nitrogens with one attached hydrogen (secondary N) is 1. The van der Waals surface area contributed by atoms with Crippen molar-refractivity contribution in [1.82, 2.24) is 15.0 Å². The number of aryl methyl sites for hydroxylation is 2. The van der Waals surface area contributed by atoms with Gasteiger partial charge in [-0.15, -0.1) is 0 Å². The molecule has 2 aromatic heterocycles. The van der Waals surface area contributed by atoms with E-state index in [2.05, 4.69) is 20.3 Å². The van der Waals surface area contributed by atoms with E-state index in [1.54, 1.807) is 19.9 Å². The van der Waals surface area contributed by atoms with Crippen molar-refractivity contribution in [3.05, 3.63) is 52.7 Å². The van der Waals surface area contributed by atoms with Crippen LogP contribution in [0.25, 0.3) is 11.0 Å². The van der Waals surface area contributed by atoms with Crippen molar-refractivity contribution in [2.75, 3.05) is 5.32 Å². The molecule has 37 heavy (non-hydrogen) atoms. The number of pyridine rings is 1. The predicted octanol–water partition coefficient (Wildman–Crippen LogP) is 6.62. The van der Waals surface area contributed by atoms with Gasteiger partial charge in [-0.05, 0) is 46.8 Å². The lowest BCUT2D eigenvalue weighted by molar-refractivity contribution is -0.170. The number of benzene rings is 1. The van der Waals surface area contributed by atoms with E-state index in [0.717, 1.165) is 19.9 Å². The summed E-state index contributed by atoms with van der Waals surface area (Å²) in [6.07, 6.45) is 0. The molecule has 2 N–H and O–H groups in total. The van der Waals surface area contributed by atoms with Gasteiger partial charge in [-0.3, -0.25) is 0 Å². The minimum absolute atomic E-state index is 0.0128. The lowest BCUT2D eigenvalue weighted by Crippen LogP contribution is -2.41. The molecule has 0 radical (unpaired) electrons. The number of anilines is 1. The van der Waals surface area contributed by atoms with Crippen LogP contribution in [0.5, 0.6) is 0 Å². The van der Waals surface area contributed by atoms with Crippen molar-refractivity contribution in [3.63, 3.8) is 0 Å². The monoisotopic (exact) mass is 536 g/mol. The number of halogens is 3. The highest BCUT2D eigenvalue weighted by molar-refractivity contribution is 7.72. The van der Waals surface area contributed by atoms with Crippen molar-refractivity contribution in [2.45, 2.75) is 91.2 Å². The Labute approximate surface area is 216 Å². The second-order valence-corrected chi connectivity index (χ2v) is 14.7. The largest absolute Gasteiger partial charge is 0.384 e. The fourth-order valence-electron chi connectivity index (χ4n) is 4.60. The van der Waals surface area contributed by atoms with Crippen LogP contribution >= 0.6 is 7.14 Å². The highest BCUT2D eigenvalue weighted by Crippen LogP contribution is 2.54. The van der Waals surface area contributed by atoms with Crippen LogP contribution in [0.1, 0.15) is 77.2 Å². The molecule has 0 spiro atoms. The Balaban J connectivity index is 2.15. The molecule has 1 aromatic carbocycles. The minimum atomic E-state index is -3.81. The first-order chi connectivity index (χ1) is 16.9. The second kappa shape index (κ2) is 9.99. The summed E-state index contributed by atoms with van der Waals surface area (Å²) >= 11 is 0. The standard InChI is InChI=1S/C27H36F3N4O2P/c1-14(2)37(36,15(3)4)22-13-20-24(33-18(7)34-25(20)32-17(22)6)31-16(5)19-11-10-12-21(23(19)28)27(29,30)26(8,9)35/h10-16,35H,1-9H3,(H,31,32,33,34)/t16-/m1/s1. The van der Waals surface area contributed by atoms with Gasteiger partial charge >= 0.3 is 5.92 Å². The quantitative estimate of drug-likeness (QED) is 0.315. The van der Waals surface area contributed by atoms with Gasteiger partial charge in [-0.2, -0.15) is 8.78 Å². The predicted molar refractivity (Wildman–Crippen MR) is 143 cm³/mol. The number of hydrogen-bond donors (Lipinski definition) is 2. The summed E-state index contributed by atoms with van der Waals surface area (Å²) in [6, 6.07) is 4.73. The highest BCUT2D eigenvalue weighted by atomic mass is 31.2. The Morgan fingerprint density at radius 2 is 1.59 bits per heavy atom. The molecule has 2 heterocycles. The molecule has 0 aliphatic heterocycles. The molecular formula is C27H36F3N4O2P. The van der Waals surface area contributed by atoms with Crippen molar-refractivity contribution in [2.24, 2.45) is 0 Å². The maximum Gasteiger partial charge on any atom is 0.303 e. The summed E-state index contributed by atoms with van der Waals surface area (Å²) in [7, 11) is -2.84. The van der Waals surface area contributed by atoms with E-state index < -0.39 is 36.1 Å². The average Bonchev–Trinajstić information content (AvgIpc) is 2.76. The minimum Gasteiger partial charge on any atom is -0.384 e. The zero-order valence-electron chi connectivity index (χ0n) is 22.8. The van der Waals surface area contributed by atoms with Crippen LogP contribution in [-0.2, 0) is 10.5 Å². The van der Waals surface area contributed by atoms with Gasteiger partial charge in [-0.25, -0.2) is 19.3 Å². The number of rotatable bonds is 8. The maximum absolute atomic E-state index is 15.4. The Morgan fingerprint density at radius 3 is 2.14 bits per heavy atom. The molecular weight excluding hydrogens is 500 g/mol. The molecule has 0 amide bonds. The number of alkyl halides is 2. The molecule has 0 aliphatic rings. The molecule has 0 saturated carbocycles. The second-order valence-electron chi connectivity index (χ2n) is 10.7. The SMILES string of the molecule is Cc1nc(N[C@H](C)c2cccc(C(F)(F)C(C)(C)O)c2F)c2cc(P(=O)(C(C)C)C(C)C)c(C)nc2n1. The van der Waals surface area contributed by atoms with E-state index in [-0.39, 0.29) is 16.9 Å². The van der Waals surface area contributed by atoms with Crippen LogP contribution in [0.15, 0.2) is 24.3 Å². The average molecular weight is 537 g/mol. The maximum atomic E-state index is 15.4. The lowest BCUT2D eigenvalue weighted by Gasteiger charge is -2.30. The van der Waals surface area contributed by atoms with E-state index >= 15 is 4.39 Å². The van der Waals surface area contributed by atoms with Crippen molar-refractivity contribution >= 4 is 29.3 Å². The van der Waals surface area contributed by atoms with Gasteiger partial charge in [0, 0.05) is 22.2 Å². The van der Waals surface area contributed by atoms with Crippen molar-refractivity contribution < 1.29 is 22.8 Å². The summed E-state index contributed by atoms with van der Waals surface area (Å²) in [5.41, 5.74) is -2.55. The van der Waals surface area contributed by atoms with E-state index in [4.69, 9.17) is 0 Å². The van der Waals surface area contributed by atoms with E-state index in [1.165, 1.54) is 12.1 Å². The molecule has 0 unspecified atom stereocenters. The van der Waals surface area contributed by atoms with Crippen molar-refractivity contribution in [1.29, 1.82) is 0 Å². The zero-order chi connectivity index (χ0) is 28.1. The molecule has 3 aromatic rings.